The standard InChI is InChI=1S/C9H17N5O2S/c1-3-14-8(16)12-13-9(14)17-5-4-6(11-2)7(10)15/h6,11H,3-5H2,1-2H3,(H2,10,15)(H,12,16). The second kappa shape index (κ2) is 6.45. The minimum atomic E-state index is -0.372. The third-order valence-electron chi connectivity index (χ3n) is 2.37. The summed E-state index contributed by atoms with van der Waals surface area (Å²) in [6, 6.07) is -0.344. The second-order valence-electron chi connectivity index (χ2n) is 3.44. The van der Waals surface area contributed by atoms with Crippen LogP contribution in [0.4, 0.5) is 0 Å². The number of nitrogens with two attached hydrogens (primary N) is 1. The first-order valence-electron chi connectivity index (χ1n) is 5.34. The minimum Gasteiger partial charge on any atom is -0.368 e. The highest BCUT2D eigenvalue weighted by molar-refractivity contribution is 7.99. The highest BCUT2D eigenvalue weighted by atomic mass is 32.2. The van der Waals surface area contributed by atoms with E-state index in [9.17, 15) is 9.59 Å². The predicted octanol–water partition coefficient (Wildman–Crippen LogP) is -0.853. The average Bonchev–Trinajstić information content (AvgIpc) is 2.64. The van der Waals surface area contributed by atoms with Crippen LogP contribution in [0.5, 0.6) is 0 Å². The molecule has 0 saturated heterocycles. The molecule has 0 fully saturated rings. The summed E-state index contributed by atoms with van der Waals surface area (Å²) in [5, 5.41) is 9.77. The summed E-state index contributed by atoms with van der Waals surface area (Å²) < 4.78 is 1.54. The van der Waals surface area contributed by atoms with Crippen molar-refractivity contribution < 1.29 is 4.79 Å². The van der Waals surface area contributed by atoms with Crippen LogP contribution < -0.4 is 16.7 Å². The van der Waals surface area contributed by atoms with Gasteiger partial charge in [0.05, 0.1) is 6.04 Å². The number of carbonyl (C=O) groups excluding carboxylic acids is 1. The largest absolute Gasteiger partial charge is 0.368 e. The summed E-state index contributed by atoms with van der Waals surface area (Å²) in [6.45, 7) is 2.45. The Labute approximate surface area is 103 Å². The van der Waals surface area contributed by atoms with Gasteiger partial charge in [-0.15, -0.1) is 5.10 Å². The molecular weight excluding hydrogens is 242 g/mol. The van der Waals surface area contributed by atoms with Crippen LogP contribution in [0, 0.1) is 0 Å². The molecule has 0 aromatic carbocycles. The molecule has 1 aromatic rings. The fraction of sp³-hybridized carbons (Fsp3) is 0.667. The number of hydrogen-bond acceptors (Lipinski definition) is 5. The first kappa shape index (κ1) is 13.8. The number of nitrogens with zero attached hydrogens (tertiary/aromatic N) is 2. The lowest BCUT2D eigenvalue weighted by atomic mass is 10.2. The van der Waals surface area contributed by atoms with Crippen molar-refractivity contribution in [2.45, 2.75) is 31.1 Å². The molecule has 1 rings (SSSR count). The Bertz CT molecular complexity index is 427. The van der Waals surface area contributed by atoms with Gasteiger partial charge < -0.3 is 11.1 Å². The molecule has 1 heterocycles. The van der Waals surface area contributed by atoms with E-state index in [1.165, 1.54) is 11.8 Å². The number of H-pyrrole nitrogens is 1. The van der Waals surface area contributed by atoms with Gasteiger partial charge in [-0.2, -0.15) is 0 Å². The number of primary amides is 1. The van der Waals surface area contributed by atoms with Gasteiger partial charge in [0.2, 0.25) is 5.91 Å². The van der Waals surface area contributed by atoms with E-state index in [1.807, 2.05) is 6.92 Å². The number of aromatic amines is 1. The Balaban J connectivity index is 2.50. The Morgan fingerprint density at radius 2 is 2.41 bits per heavy atom. The Kier molecular flexibility index (Phi) is 5.23. The number of amides is 1. The first-order chi connectivity index (χ1) is 8.10. The lowest BCUT2D eigenvalue weighted by molar-refractivity contribution is -0.119. The van der Waals surface area contributed by atoms with E-state index in [0.717, 1.165) is 0 Å². The molecule has 1 amide bonds. The van der Waals surface area contributed by atoms with Gasteiger partial charge in [0, 0.05) is 12.3 Å². The molecule has 0 bridgehead atoms. The SMILES string of the molecule is CCn1c(SCCC(NC)C(N)=O)n[nH]c1=O. The third kappa shape index (κ3) is 3.60. The lowest BCUT2D eigenvalue weighted by Crippen LogP contribution is -2.39. The highest BCUT2D eigenvalue weighted by Gasteiger charge is 2.13. The van der Waals surface area contributed by atoms with Crippen LogP contribution in [-0.2, 0) is 11.3 Å². The summed E-state index contributed by atoms with van der Waals surface area (Å²) in [4.78, 5) is 22.3. The van der Waals surface area contributed by atoms with Crippen LogP contribution in [0.2, 0.25) is 0 Å². The molecule has 1 atom stereocenters. The molecule has 0 saturated carbocycles. The summed E-state index contributed by atoms with van der Waals surface area (Å²) in [7, 11) is 1.69. The fourth-order valence-corrected chi connectivity index (χ4v) is 2.40. The van der Waals surface area contributed by atoms with Crippen molar-refractivity contribution in [1.29, 1.82) is 0 Å². The molecule has 8 heteroatoms. The molecule has 0 aliphatic carbocycles. The Morgan fingerprint density at radius 1 is 1.71 bits per heavy atom. The van der Waals surface area contributed by atoms with E-state index < -0.39 is 0 Å². The molecule has 1 aromatic heterocycles. The second-order valence-corrected chi connectivity index (χ2v) is 4.50. The maximum Gasteiger partial charge on any atom is 0.343 e. The van der Waals surface area contributed by atoms with E-state index in [0.29, 0.717) is 23.9 Å². The lowest BCUT2D eigenvalue weighted by Gasteiger charge is -2.11. The summed E-state index contributed by atoms with van der Waals surface area (Å²) in [5.74, 6) is 0.293. The minimum absolute atomic E-state index is 0.213. The molecular formula is C9H17N5O2S. The zero-order valence-electron chi connectivity index (χ0n) is 9.90. The number of likely N-dealkylation sites (N-methyl/N-ethyl adjacent to an activating group) is 1. The van der Waals surface area contributed by atoms with Crippen LogP contribution in [0.25, 0.3) is 0 Å². The normalized spacial score (nSPS) is 12.6. The summed E-state index contributed by atoms with van der Waals surface area (Å²) in [5.41, 5.74) is 4.99. The molecule has 17 heavy (non-hydrogen) atoms. The Hall–Kier alpha value is -1.28. The first-order valence-corrected chi connectivity index (χ1v) is 6.33. The van der Waals surface area contributed by atoms with Crippen molar-refractivity contribution in [1.82, 2.24) is 20.1 Å². The Morgan fingerprint density at radius 3 is 2.94 bits per heavy atom. The molecule has 0 aliphatic heterocycles. The topological polar surface area (TPSA) is 106 Å². The van der Waals surface area contributed by atoms with Crippen molar-refractivity contribution in [2.24, 2.45) is 5.73 Å². The number of nitrogens with one attached hydrogen (secondary N) is 2. The van der Waals surface area contributed by atoms with Crippen molar-refractivity contribution in [3.05, 3.63) is 10.5 Å². The van der Waals surface area contributed by atoms with E-state index >= 15 is 0 Å². The summed E-state index contributed by atoms with van der Waals surface area (Å²) >= 11 is 1.43. The molecule has 96 valence electrons. The van der Waals surface area contributed by atoms with E-state index in [1.54, 1.807) is 11.6 Å². The predicted molar refractivity (Wildman–Crippen MR) is 65.9 cm³/mol. The van der Waals surface area contributed by atoms with Gasteiger partial charge in [-0.1, -0.05) is 11.8 Å². The molecule has 7 nitrogen and oxygen atoms in total. The third-order valence-corrected chi connectivity index (χ3v) is 3.38. The van der Waals surface area contributed by atoms with Gasteiger partial charge in [0.1, 0.15) is 0 Å². The molecule has 0 radical (unpaired) electrons. The summed E-state index contributed by atoms with van der Waals surface area (Å²) in [6.07, 6.45) is 0.598. The maximum absolute atomic E-state index is 11.3. The van der Waals surface area contributed by atoms with Crippen LogP contribution in [0.3, 0.4) is 0 Å². The van der Waals surface area contributed by atoms with Gasteiger partial charge in [-0.05, 0) is 20.4 Å². The van der Waals surface area contributed by atoms with Crippen LogP contribution in [0.15, 0.2) is 9.95 Å². The van der Waals surface area contributed by atoms with E-state index in [-0.39, 0.29) is 17.6 Å². The van der Waals surface area contributed by atoms with Crippen molar-refractivity contribution in [2.75, 3.05) is 12.8 Å². The van der Waals surface area contributed by atoms with Crippen molar-refractivity contribution in [3.63, 3.8) is 0 Å². The molecule has 1 unspecified atom stereocenters. The van der Waals surface area contributed by atoms with Crippen molar-refractivity contribution >= 4 is 17.7 Å². The van der Waals surface area contributed by atoms with Crippen LogP contribution in [0.1, 0.15) is 13.3 Å². The van der Waals surface area contributed by atoms with E-state index in [4.69, 9.17) is 5.73 Å². The molecule has 4 N–H and O–H groups in total. The maximum atomic E-state index is 11.3. The van der Waals surface area contributed by atoms with Gasteiger partial charge in [-0.3, -0.25) is 9.36 Å². The molecule has 0 aliphatic rings. The van der Waals surface area contributed by atoms with Gasteiger partial charge in [0.15, 0.2) is 5.16 Å². The number of thioether (sulfide) groups is 1. The van der Waals surface area contributed by atoms with E-state index in [2.05, 4.69) is 15.5 Å². The number of hydrogen-bond donors (Lipinski definition) is 3. The number of aromatic nitrogens is 3. The average molecular weight is 259 g/mol. The van der Waals surface area contributed by atoms with Gasteiger partial charge >= 0.3 is 5.69 Å². The monoisotopic (exact) mass is 259 g/mol. The van der Waals surface area contributed by atoms with Gasteiger partial charge in [0.25, 0.3) is 0 Å². The fourth-order valence-electron chi connectivity index (χ4n) is 1.39. The number of rotatable bonds is 7. The van der Waals surface area contributed by atoms with Crippen LogP contribution >= 0.6 is 11.8 Å². The quantitative estimate of drug-likeness (QED) is 0.553. The zero-order valence-corrected chi connectivity index (χ0v) is 10.7. The smallest absolute Gasteiger partial charge is 0.343 e. The van der Waals surface area contributed by atoms with Gasteiger partial charge in [-0.25, -0.2) is 9.89 Å². The van der Waals surface area contributed by atoms with Crippen LogP contribution in [-0.4, -0.2) is 39.5 Å². The molecule has 0 spiro atoms. The zero-order chi connectivity index (χ0) is 12.8. The van der Waals surface area contributed by atoms with Crippen molar-refractivity contribution in [3.8, 4) is 0 Å². The number of carbonyl (C=O) groups is 1. The highest BCUT2D eigenvalue weighted by Crippen LogP contribution is 2.14.